The van der Waals surface area contributed by atoms with Crippen LogP contribution in [0.3, 0.4) is 0 Å². The third-order valence-electron chi connectivity index (χ3n) is 2.37. The fourth-order valence-corrected chi connectivity index (χ4v) is 1.44. The topological polar surface area (TPSA) is 55.1 Å². The van der Waals surface area contributed by atoms with Crippen molar-refractivity contribution in [1.82, 2.24) is 5.32 Å². The van der Waals surface area contributed by atoms with E-state index in [2.05, 4.69) is 5.32 Å². The number of hydrogen-bond acceptors (Lipinski definition) is 2. The lowest BCUT2D eigenvalue weighted by atomic mass is 10.1. The van der Waals surface area contributed by atoms with Gasteiger partial charge in [0.05, 0.1) is 10.6 Å². The van der Waals surface area contributed by atoms with E-state index in [0.29, 0.717) is 6.42 Å². The minimum Gasteiger partial charge on any atom is -0.348 e. The normalized spacial score (nSPS) is 12.3. The van der Waals surface area contributed by atoms with Crippen LogP contribution in [-0.2, 0) is 0 Å². The molecule has 1 unspecified atom stereocenters. The number of carbonyl (C=O) groups is 1. The molecule has 0 aromatic heterocycles. The van der Waals surface area contributed by atoms with Gasteiger partial charge in [-0.25, -0.2) is 8.78 Å². The summed E-state index contributed by atoms with van der Waals surface area (Å²) < 4.78 is 26.5. The van der Waals surface area contributed by atoms with Gasteiger partial charge in [-0.1, -0.05) is 18.5 Å². The van der Waals surface area contributed by atoms with Crippen molar-refractivity contribution in [3.63, 3.8) is 0 Å². The first-order valence-electron chi connectivity index (χ1n) is 5.15. The van der Waals surface area contributed by atoms with Crippen molar-refractivity contribution in [2.24, 2.45) is 5.73 Å². The summed E-state index contributed by atoms with van der Waals surface area (Å²) in [6.45, 7) is 2.07. The Kier molecular flexibility index (Phi) is 4.84. The summed E-state index contributed by atoms with van der Waals surface area (Å²) in [6.07, 6.45) is 0.611. The van der Waals surface area contributed by atoms with Crippen molar-refractivity contribution >= 4 is 17.5 Å². The smallest absolute Gasteiger partial charge is 0.254 e. The van der Waals surface area contributed by atoms with Crippen LogP contribution < -0.4 is 11.1 Å². The van der Waals surface area contributed by atoms with Crippen molar-refractivity contribution in [3.05, 3.63) is 34.4 Å². The highest BCUT2D eigenvalue weighted by Crippen LogP contribution is 2.19. The van der Waals surface area contributed by atoms with Gasteiger partial charge in [0.15, 0.2) is 0 Å². The maximum atomic E-state index is 13.4. The average molecular weight is 263 g/mol. The van der Waals surface area contributed by atoms with Crippen molar-refractivity contribution < 1.29 is 13.6 Å². The molecule has 1 aromatic carbocycles. The Morgan fingerprint density at radius 1 is 1.47 bits per heavy atom. The molecule has 0 aliphatic heterocycles. The Labute approximate surface area is 103 Å². The third-order valence-corrected chi connectivity index (χ3v) is 2.66. The summed E-state index contributed by atoms with van der Waals surface area (Å²) in [5.41, 5.74) is 5.02. The van der Waals surface area contributed by atoms with Gasteiger partial charge < -0.3 is 11.1 Å². The van der Waals surface area contributed by atoms with Crippen molar-refractivity contribution in [3.8, 4) is 0 Å². The number of amides is 1. The van der Waals surface area contributed by atoms with Crippen molar-refractivity contribution in [2.75, 3.05) is 6.54 Å². The Morgan fingerprint density at radius 3 is 2.65 bits per heavy atom. The van der Waals surface area contributed by atoms with Gasteiger partial charge in [0.1, 0.15) is 11.6 Å². The molecular weight excluding hydrogens is 250 g/mol. The van der Waals surface area contributed by atoms with Gasteiger partial charge in [-0.15, -0.1) is 0 Å². The summed E-state index contributed by atoms with van der Waals surface area (Å²) in [5, 5.41) is 2.15. The minimum atomic E-state index is -0.860. The Bertz CT molecular complexity index is 422. The molecule has 0 saturated heterocycles. The molecular formula is C11H13ClF2N2O. The molecule has 0 fully saturated rings. The summed E-state index contributed by atoms with van der Waals surface area (Å²) >= 11 is 5.38. The van der Waals surface area contributed by atoms with E-state index < -0.39 is 17.5 Å². The molecule has 6 heteroatoms. The fourth-order valence-electron chi connectivity index (χ4n) is 1.29. The second kappa shape index (κ2) is 5.93. The van der Waals surface area contributed by atoms with Crippen molar-refractivity contribution in [1.29, 1.82) is 0 Å². The standard InChI is InChI=1S/C11H13ClF2N2O/c1-2-6(5-15)16-11(17)7-3-10(14)8(12)4-9(7)13/h3-4,6H,2,5,15H2,1H3,(H,16,17). The van der Waals surface area contributed by atoms with Crippen LogP contribution in [0.25, 0.3) is 0 Å². The zero-order valence-corrected chi connectivity index (χ0v) is 10.0. The Balaban J connectivity index is 2.93. The molecule has 17 heavy (non-hydrogen) atoms. The van der Waals surface area contributed by atoms with Gasteiger partial charge >= 0.3 is 0 Å². The highest BCUT2D eigenvalue weighted by Gasteiger charge is 2.17. The molecule has 3 N–H and O–H groups in total. The molecule has 1 aromatic rings. The van der Waals surface area contributed by atoms with Gasteiger partial charge in [-0.3, -0.25) is 4.79 Å². The van der Waals surface area contributed by atoms with E-state index >= 15 is 0 Å². The summed E-state index contributed by atoms with van der Waals surface area (Å²) in [4.78, 5) is 11.6. The van der Waals surface area contributed by atoms with Gasteiger partial charge in [0.25, 0.3) is 5.91 Å². The monoisotopic (exact) mass is 262 g/mol. The summed E-state index contributed by atoms with van der Waals surface area (Å²) in [7, 11) is 0. The molecule has 1 rings (SSSR count). The highest BCUT2D eigenvalue weighted by molar-refractivity contribution is 6.30. The quantitative estimate of drug-likeness (QED) is 0.817. The van der Waals surface area contributed by atoms with Gasteiger partial charge in [-0.2, -0.15) is 0 Å². The van der Waals surface area contributed by atoms with Crippen LogP contribution in [0.2, 0.25) is 5.02 Å². The van der Waals surface area contributed by atoms with Crippen LogP contribution >= 0.6 is 11.6 Å². The van der Waals surface area contributed by atoms with Crippen LogP contribution in [0.15, 0.2) is 12.1 Å². The summed E-state index contributed by atoms with van der Waals surface area (Å²) in [6, 6.07) is 1.28. The number of rotatable bonds is 4. The number of benzene rings is 1. The molecule has 0 aliphatic rings. The van der Waals surface area contributed by atoms with E-state index in [-0.39, 0.29) is 23.2 Å². The molecule has 94 valence electrons. The predicted octanol–water partition coefficient (Wildman–Crippen LogP) is 2.09. The molecule has 0 aliphatic carbocycles. The first kappa shape index (κ1) is 13.9. The lowest BCUT2D eigenvalue weighted by Gasteiger charge is -2.14. The van der Waals surface area contributed by atoms with Crippen LogP contribution in [0.4, 0.5) is 8.78 Å². The SMILES string of the molecule is CCC(CN)NC(=O)c1cc(F)c(Cl)cc1F. The lowest BCUT2D eigenvalue weighted by Crippen LogP contribution is -2.40. The first-order valence-corrected chi connectivity index (χ1v) is 5.52. The molecule has 0 radical (unpaired) electrons. The van der Waals surface area contributed by atoms with E-state index in [1.165, 1.54) is 0 Å². The zero-order valence-electron chi connectivity index (χ0n) is 9.27. The lowest BCUT2D eigenvalue weighted by molar-refractivity contribution is 0.0932. The van der Waals surface area contributed by atoms with Crippen LogP contribution in [0.1, 0.15) is 23.7 Å². The fraction of sp³-hybridized carbons (Fsp3) is 0.364. The average Bonchev–Trinajstić information content (AvgIpc) is 2.30. The maximum absolute atomic E-state index is 13.4. The van der Waals surface area contributed by atoms with E-state index in [4.69, 9.17) is 17.3 Å². The van der Waals surface area contributed by atoms with Crippen molar-refractivity contribution in [2.45, 2.75) is 19.4 Å². The number of hydrogen-bond donors (Lipinski definition) is 2. The first-order chi connectivity index (χ1) is 7.99. The molecule has 1 amide bonds. The third kappa shape index (κ3) is 3.38. The van der Waals surface area contributed by atoms with E-state index in [9.17, 15) is 13.6 Å². The largest absolute Gasteiger partial charge is 0.348 e. The van der Waals surface area contributed by atoms with E-state index in [1.807, 2.05) is 6.92 Å². The zero-order chi connectivity index (χ0) is 13.0. The number of carbonyl (C=O) groups excluding carboxylic acids is 1. The molecule has 0 spiro atoms. The number of nitrogens with one attached hydrogen (secondary N) is 1. The van der Waals surface area contributed by atoms with E-state index in [0.717, 1.165) is 12.1 Å². The number of halogens is 3. The van der Waals surface area contributed by atoms with Gasteiger partial charge in [0.2, 0.25) is 0 Å². The second-order valence-electron chi connectivity index (χ2n) is 3.56. The molecule has 1 atom stereocenters. The number of nitrogens with two attached hydrogens (primary N) is 1. The Morgan fingerprint density at radius 2 is 2.12 bits per heavy atom. The molecule has 0 saturated carbocycles. The van der Waals surface area contributed by atoms with Crippen LogP contribution in [0.5, 0.6) is 0 Å². The summed E-state index contributed by atoms with van der Waals surface area (Å²) in [5.74, 6) is -2.39. The molecule has 3 nitrogen and oxygen atoms in total. The molecule has 0 bridgehead atoms. The maximum Gasteiger partial charge on any atom is 0.254 e. The van der Waals surface area contributed by atoms with E-state index in [1.54, 1.807) is 0 Å². The van der Waals surface area contributed by atoms with Gasteiger partial charge in [0, 0.05) is 12.6 Å². The van der Waals surface area contributed by atoms with Gasteiger partial charge in [-0.05, 0) is 18.6 Å². The predicted molar refractivity (Wildman–Crippen MR) is 62.0 cm³/mol. The minimum absolute atomic E-state index is 0.236. The second-order valence-corrected chi connectivity index (χ2v) is 3.97. The van der Waals surface area contributed by atoms with Crippen LogP contribution in [0, 0.1) is 11.6 Å². The molecule has 0 heterocycles. The Hall–Kier alpha value is -1.20. The highest BCUT2D eigenvalue weighted by atomic mass is 35.5. The van der Waals surface area contributed by atoms with Crippen LogP contribution in [-0.4, -0.2) is 18.5 Å².